The topological polar surface area (TPSA) is 83.5 Å². The number of anilines is 1. The highest BCUT2D eigenvalue weighted by Crippen LogP contribution is 2.36. The number of rotatable bonds is 4. The quantitative estimate of drug-likeness (QED) is 0.845. The summed E-state index contributed by atoms with van der Waals surface area (Å²) in [7, 11) is -4.36. The zero-order chi connectivity index (χ0) is 18.1. The fraction of sp³-hybridized carbons (Fsp3) is 0.0714. The van der Waals surface area contributed by atoms with E-state index in [0.717, 1.165) is 18.2 Å². The van der Waals surface area contributed by atoms with Gasteiger partial charge in [0.15, 0.2) is 0 Å². The van der Waals surface area contributed by atoms with Gasteiger partial charge in [-0.25, -0.2) is 13.2 Å². The molecular formula is C14H9ClF3NO4S. The van der Waals surface area contributed by atoms with E-state index in [0.29, 0.717) is 6.07 Å². The van der Waals surface area contributed by atoms with Crippen molar-refractivity contribution in [2.75, 3.05) is 4.72 Å². The molecule has 0 aliphatic rings. The summed E-state index contributed by atoms with van der Waals surface area (Å²) in [6, 6.07) is 7.00. The van der Waals surface area contributed by atoms with Gasteiger partial charge in [-0.05, 0) is 36.4 Å². The molecular weight excluding hydrogens is 371 g/mol. The largest absolute Gasteiger partial charge is 0.478 e. The molecule has 0 fully saturated rings. The van der Waals surface area contributed by atoms with Crippen LogP contribution in [-0.4, -0.2) is 19.5 Å². The molecule has 0 spiro atoms. The first-order valence-corrected chi connectivity index (χ1v) is 8.10. The van der Waals surface area contributed by atoms with Crippen molar-refractivity contribution in [2.45, 2.75) is 11.1 Å². The van der Waals surface area contributed by atoms with Gasteiger partial charge in [0, 0.05) is 5.69 Å². The molecule has 2 aromatic rings. The first-order chi connectivity index (χ1) is 11.0. The average Bonchev–Trinajstić information content (AvgIpc) is 2.46. The third-order valence-corrected chi connectivity index (χ3v) is 4.62. The number of halogens is 4. The Morgan fingerprint density at radius 1 is 1.12 bits per heavy atom. The fourth-order valence-corrected chi connectivity index (χ4v) is 3.12. The van der Waals surface area contributed by atoms with Gasteiger partial charge < -0.3 is 5.11 Å². The van der Waals surface area contributed by atoms with Crippen molar-refractivity contribution in [2.24, 2.45) is 0 Å². The standard InChI is InChI=1S/C14H9ClF3NO4S/c15-12-5-4-10(7-11(12)14(16,17)18)24(22,23)19-9-3-1-2-8(6-9)13(20)21/h1-7,19H,(H,20,21). The molecule has 2 N–H and O–H groups in total. The van der Waals surface area contributed by atoms with Crippen molar-refractivity contribution >= 4 is 33.3 Å². The lowest BCUT2D eigenvalue weighted by atomic mass is 10.2. The maximum absolute atomic E-state index is 12.8. The van der Waals surface area contributed by atoms with Crippen molar-refractivity contribution in [3.63, 3.8) is 0 Å². The van der Waals surface area contributed by atoms with E-state index in [4.69, 9.17) is 16.7 Å². The van der Waals surface area contributed by atoms with E-state index in [-0.39, 0.29) is 11.3 Å². The summed E-state index contributed by atoms with van der Waals surface area (Å²) in [6.07, 6.45) is -4.81. The zero-order valence-electron chi connectivity index (χ0n) is 11.6. The molecule has 0 amide bonds. The van der Waals surface area contributed by atoms with E-state index in [1.807, 2.05) is 4.72 Å². The van der Waals surface area contributed by atoms with E-state index in [1.165, 1.54) is 18.2 Å². The molecule has 0 aliphatic heterocycles. The monoisotopic (exact) mass is 379 g/mol. The van der Waals surface area contributed by atoms with Crippen LogP contribution in [0.3, 0.4) is 0 Å². The molecule has 128 valence electrons. The van der Waals surface area contributed by atoms with Gasteiger partial charge in [0.2, 0.25) is 0 Å². The Morgan fingerprint density at radius 3 is 2.38 bits per heavy atom. The zero-order valence-corrected chi connectivity index (χ0v) is 13.2. The summed E-state index contributed by atoms with van der Waals surface area (Å²) in [5.74, 6) is -1.28. The Kier molecular flexibility index (Phi) is 4.77. The molecule has 5 nitrogen and oxygen atoms in total. The van der Waals surface area contributed by atoms with Crippen LogP contribution in [0.4, 0.5) is 18.9 Å². The molecule has 0 heterocycles. The number of aromatic carboxylic acids is 1. The van der Waals surface area contributed by atoms with E-state index >= 15 is 0 Å². The van der Waals surface area contributed by atoms with Crippen LogP contribution < -0.4 is 4.72 Å². The lowest BCUT2D eigenvalue weighted by Crippen LogP contribution is -2.15. The summed E-state index contributed by atoms with van der Waals surface area (Å²) in [5.41, 5.74) is -1.56. The molecule has 10 heteroatoms. The van der Waals surface area contributed by atoms with Crippen LogP contribution in [-0.2, 0) is 16.2 Å². The Hall–Kier alpha value is -2.26. The average molecular weight is 380 g/mol. The van der Waals surface area contributed by atoms with Crippen LogP contribution >= 0.6 is 11.6 Å². The fourth-order valence-electron chi connectivity index (χ4n) is 1.82. The summed E-state index contributed by atoms with van der Waals surface area (Å²) in [6.45, 7) is 0. The molecule has 0 atom stereocenters. The minimum absolute atomic E-state index is 0.0987. The van der Waals surface area contributed by atoms with Gasteiger partial charge in [0.1, 0.15) is 0 Å². The van der Waals surface area contributed by atoms with Crippen LogP contribution in [0, 0.1) is 0 Å². The van der Waals surface area contributed by atoms with Crippen LogP contribution in [0.2, 0.25) is 5.02 Å². The van der Waals surface area contributed by atoms with Crippen LogP contribution in [0.25, 0.3) is 0 Å². The molecule has 0 saturated carbocycles. The highest BCUT2D eigenvalue weighted by molar-refractivity contribution is 7.92. The Bertz CT molecular complexity index is 897. The van der Waals surface area contributed by atoms with Crippen molar-refractivity contribution < 1.29 is 31.5 Å². The van der Waals surface area contributed by atoms with E-state index in [1.54, 1.807) is 0 Å². The lowest BCUT2D eigenvalue weighted by molar-refractivity contribution is -0.137. The SMILES string of the molecule is O=C(O)c1cccc(NS(=O)(=O)c2ccc(Cl)c(C(F)(F)F)c2)c1. The third-order valence-electron chi connectivity index (χ3n) is 2.92. The minimum atomic E-state index is -4.81. The third kappa shape index (κ3) is 3.98. The van der Waals surface area contributed by atoms with Crippen LogP contribution in [0.15, 0.2) is 47.4 Å². The van der Waals surface area contributed by atoms with Gasteiger partial charge >= 0.3 is 12.1 Å². The molecule has 0 bridgehead atoms. The summed E-state index contributed by atoms with van der Waals surface area (Å²) in [5, 5.41) is 8.23. The number of hydrogen-bond acceptors (Lipinski definition) is 3. The van der Waals surface area contributed by atoms with Crippen molar-refractivity contribution in [3.8, 4) is 0 Å². The summed E-state index contributed by atoms with van der Waals surface area (Å²) in [4.78, 5) is 10.2. The number of hydrogen-bond donors (Lipinski definition) is 2. The Balaban J connectivity index is 2.41. The molecule has 0 radical (unpaired) electrons. The predicted molar refractivity (Wildman–Crippen MR) is 80.7 cm³/mol. The molecule has 2 aromatic carbocycles. The number of alkyl halides is 3. The number of carboxylic acid groups (broad SMARTS) is 1. The van der Waals surface area contributed by atoms with Crippen molar-refractivity contribution in [1.82, 2.24) is 0 Å². The number of sulfonamides is 1. The van der Waals surface area contributed by atoms with Gasteiger partial charge in [-0.3, -0.25) is 4.72 Å². The Morgan fingerprint density at radius 2 is 1.79 bits per heavy atom. The van der Waals surface area contributed by atoms with Crippen molar-refractivity contribution in [3.05, 3.63) is 58.6 Å². The van der Waals surface area contributed by atoms with Gasteiger partial charge in [0.05, 0.1) is 21.0 Å². The second kappa shape index (κ2) is 6.33. The normalized spacial score (nSPS) is 12.0. The summed E-state index contributed by atoms with van der Waals surface area (Å²) >= 11 is 5.45. The molecule has 0 aromatic heterocycles. The van der Waals surface area contributed by atoms with E-state index in [2.05, 4.69) is 0 Å². The predicted octanol–water partition coefficient (Wildman–Crippen LogP) is 3.86. The molecule has 0 saturated heterocycles. The smallest absolute Gasteiger partial charge is 0.417 e. The maximum atomic E-state index is 12.8. The molecule has 24 heavy (non-hydrogen) atoms. The number of carboxylic acids is 1. The number of benzene rings is 2. The molecule has 0 aliphatic carbocycles. The highest BCUT2D eigenvalue weighted by atomic mass is 35.5. The lowest BCUT2D eigenvalue weighted by Gasteiger charge is -2.12. The van der Waals surface area contributed by atoms with Crippen LogP contribution in [0.5, 0.6) is 0 Å². The Labute approximate surface area is 139 Å². The second-order valence-corrected chi connectivity index (χ2v) is 6.72. The number of nitrogens with one attached hydrogen (secondary N) is 1. The first kappa shape index (κ1) is 18.1. The number of carbonyl (C=O) groups is 1. The second-order valence-electron chi connectivity index (χ2n) is 4.63. The van der Waals surface area contributed by atoms with Gasteiger partial charge in [-0.2, -0.15) is 13.2 Å². The van der Waals surface area contributed by atoms with E-state index < -0.39 is 37.7 Å². The maximum Gasteiger partial charge on any atom is 0.417 e. The minimum Gasteiger partial charge on any atom is -0.478 e. The van der Waals surface area contributed by atoms with Crippen molar-refractivity contribution in [1.29, 1.82) is 0 Å². The molecule has 2 rings (SSSR count). The first-order valence-electron chi connectivity index (χ1n) is 6.23. The highest BCUT2D eigenvalue weighted by Gasteiger charge is 2.34. The van der Waals surface area contributed by atoms with E-state index in [9.17, 15) is 26.4 Å². The van der Waals surface area contributed by atoms with Crippen LogP contribution in [0.1, 0.15) is 15.9 Å². The molecule has 0 unspecified atom stereocenters. The van der Waals surface area contributed by atoms with Gasteiger partial charge in [-0.15, -0.1) is 0 Å². The van der Waals surface area contributed by atoms with Gasteiger partial charge in [0.25, 0.3) is 10.0 Å². The summed E-state index contributed by atoms with van der Waals surface area (Å²) < 4.78 is 64.9. The van der Waals surface area contributed by atoms with Gasteiger partial charge in [-0.1, -0.05) is 17.7 Å².